The van der Waals surface area contributed by atoms with Crippen molar-refractivity contribution < 1.29 is 14.6 Å². The van der Waals surface area contributed by atoms with Crippen LogP contribution in [-0.4, -0.2) is 29.8 Å². The average Bonchev–Trinajstić information content (AvgIpc) is 2.27. The molecular formula is C13H17NO3. The van der Waals surface area contributed by atoms with Crippen molar-refractivity contribution in [3.05, 3.63) is 29.3 Å². The highest BCUT2D eigenvalue weighted by molar-refractivity contribution is 5.88. The minimum absolute atomic E-state index is 0.256. The molecule has 0 bridgehead atoms. The maximum Gasteiger partial charge on any atom is 0.335 e. The van der Waals surface area contributed by atoms with E-state index in [9.17, 15) is 4.79 Å². The fraction of sp³-hybridized carbons (Fsp3) is 0.462. The van der Waals surface area contributed by atoms with Gasteiger partial charge in [-0.1, -0.05) is 13.8 Å². The van der Waals surface area contributed by atoms with Gasteiger partial charge in [0.2, 0.25) is 0 Å². The van der Waals surface area contributed by atoms with E-state index in [0.29, 0.717) is 18.2 Å². The Labute approximate surface area is 101 Å². The maximum atomic E-state index is 10.9. The van der Waals surface area contributed by atoms with Gasteiger partial charge in [0.15, 0.2) is 0 Å². The first kappa shape index (κ1) is 11.9. The van der Waals surface area contributed by atoms with E-state index in [2.05, 4.69) is 19.2 Å². The maximum absolute atomic E-state index is 10.9. The van der Waals surface area contributed by atoms with Gasteiger partial charge >= 0.3 is 5.97 Å². The standard InChI is InChI=1S/C13H17NO3/c1-8(2)14-11-6-10-5-9(13(15)16)3-4-12(10)17-7-11/h3-5,8,11,14H,6-7H2,1-2H3,(H,15,16). The van der Waals surface area contributed by atoms with E-state index in [1.54, 1.807) is 18.2 Å². The van der Waals surface area contributed by atoms with E-state index in [0.717, 1.165) is 17.7 Å². The zero-order valence-electron chi connectivity index (χ0n) is 10.1. The molecule has 17 heavy (non-hydrogen) atoms. The van der Waals surface area contributed by atoms with Gasteiger partial charge in [-0.15, -0.1) is 0 Å². The number of carboxylic acids is 1. The lowest BCUT2D eigenvalue weighted by atomic mass is 10.00. The zero-order valence-corrected chi connectivity index (χ0v) is 10.1. The molecule has 0 fully saturated rings. The number of carbonyl (C=O) groups is 1. The fourth-order valence-corrected chi connectivity index (χ4v) is 2.11. The lowest BCUT2D eigenvalue weighted by Gasteiger charge is -2.27. The van der Waals surface area contributed by atoms with Crippen LogP contribution in [0.4, 0.5) is 0 Å². The van der Waals surface area contributed by atoms with Gasteiger partial charge in [0.05, 0.1) is 5.56 Å². The molecule has 1 aromatic rings. The Morgan fingerprint density at radius 3 is 2.94 bits per heavy atom. The summed E-state index contributed by atoms with van der Waals surface area (Å²) in [6.07, 6.45) is 0.814. The zero-order chi connectivity index (χ0) is 12.4. The van der Waals surface area contributed by atoms with Crippen LogP contribution in [0.5, 0.6) is 5.75 Å². The number of benzene rings is 1. The third-order valence-corrected chi connectivity index (χ3v) is 2.78. The van der Waals surface area contributed by atoms with Crippen molar-refractivity contribution in [1.82, 2.24) is 5.32 Å². The van der Waals surface area contributed by atoms with Crippen molar-refractivity contribution in [3.63, 3.8) is 0 Å². The fourth-order valence-electron chi connectivity index (χ4n) is 2.11. The summed E-state index contributed by atoms with van der Waals surface area (Å²) in [6, 6.07) is 5.67. The van der Waals surface area contributed by atoms with Gasteiger partial charge in [0.1, 0.15) is 12.4 Å². The van der Waals surface area contributed by atoms with E-state index in [4.69, 9.17) is 9.84 Å². The Kier molecular flexibility index (Phi) is 3.33. The summed E-state index contributed by atoms with van der Waals surface area (Å²) in [7, 11) is 0. The Bertz CT molecular complexity index is 429. The van der Waals surface area contributed by atoms with Crippen molar-refractivity contribution in [2.24, 2.45) is 0 Å². The summed E-state index contributed by atoms with van der Waals surface area (Å²) in [5, 5.41) is 12.3. The molecule has 0 aromatic heterocycles. The third-order valence-electron chi connectivity index (χ3n) is 2.78. The Balaban J connectivity index is 2.17. The molecule has 2 N–H and O–H groups in total. The number of rotatable bonds is 3. The molecule has 4 heteroatoms. The molecule has 0 spiro atoms. The van der Waals surface area contributed by atoms with E-state index in [1.807, 2.05) is 0 Å². The van der Waals surface area contributed by atoms with Crippen LogP contribution in [0, 0.1) is 0 Å². The molecule has 1 atom stereocenters. The lowest BCUT2D eigenvalue weighted by Crippen LogP contribution is -2.42. The molecule has 0 saturated carbocycles. The van der Waals surface area contributed by atoms with Crippen LogP contribution in [-0.2, 0) is 6.42 Å². The topological polar surface area (TPSA) is 58.6 Å². The second-order valence-corrected chi connectivity index (χ2v) is 4.66. The van der Waals surface area contributed by atoms with E-state index in [1.165, 1.54) is 0 Å². The molecule has 1 unspecified atom stereocenters. The number of hydrogen-bond acceptors (Lipinski definition) is 3. The van der Waals surface area contributed by atoms with Crippen LogP contribution in [0.15, 0.2) is 18.2 Å². The van der Waals surface area contributed by atoms with Crippen LogP contribution in [0.3, 0.4) is 0 Å². The van der Waals surface area contributed by atoms with Crippen molar-refractivity contribution in [1.29, 1.82) is 0 Å². The number of nitrogens with one attached hydrogen (secondary N) is 1. The summed E-state index contributed by atoms with van der Waals surface area (Å²) in [5.74, 6) is -0.0939. The van der Waals surface area contributed by atoms with Gasteiger partial charge in [-0.3, -0.25) is 0 Å². The van der Waals surface area contributed by atoms with Gasteiger partial charge in [-0.2, -0.15) is 0 Å². The molecule has 2 rings (SSSR count). The van der Waals surface area contributed by atoms with Crippen LogP contribution < -0.4 is 10.1 Å². The number of aromatic carboxylic acids is 1. The van der Waals surface area contributed by atoms with E-state index >= 15 is 0 Å². The molecule has 4 nitrogen and oxygen atoms in total. The van der Waals surface area contributed by atoms with Crippen molar-refractivity contribution in [3.8, 4) is 5.75 Å². The molecule has 1 heterocycles. The quantitative estimate of drug-likeness (QED) is 0.837. The molecule has 1 aromatic carbocycles. The first-order valence-corrected chi connectivity index (χ1v) is 5.81. The van der Waals surface area contributed by atoms with Gasteiger partial charge in [0.25, 0.3) is 0 Å². The van der Waals surface area contributed by atoms with E-state index < -0.39 is 5.97 Å². The van der Waals surface area contributed by atoms with Crippen LogP contribution >= 0.6 is 0 Å². The molecule has 0 aliphatic carbocycles. The van der Waals surface area contributed by atoms with Crippen LogP contribution in [0.25, 0.3) is 0 Å². The second kappa shape index (κ2) is 4.75. The summed E-state index contributed by atoms with van der Waals surface area (Å²) in [5.41, 5.74) is 1.28. The van der Waals surface area contributed by atoms with Gasteiger partial charge < -0.3 is 15.2 Å². The normalized spacial score (nSPS) is 18.6. The Morgan fingerprint density at radius 2 is 2.29 bits per heavy atom. The van der Waals surface area contributed by atoms with Crippen molar-refractivity contribution in [2.45, 2.75) is 32.4 Å². The third kappa shape index (κ3) is 2.77. The number of carboxylic acid groups (broad SMARTS) is 1. The highest BCUT2D eigenvalue weighted by Crippen LogP contribution is 2.26. The Morgan fingerprint density at radius 1 is 1.53 bits per heavy atom. The molecule has 0 saturated heterocycles. The largest absolute Gasteiger partial charge is 0.492 e. The van der Waals surface area contributed by atoms with Crippen LogP contribution in [0.2, 0.25) is 0 Å². The predicted octanol–water partition coefficient (Wildman–Crippen LogP) is 1.69. The number of hydrogen-bond donors (Lipinski definition) is 2. The molecule has 1 aliphatic rings. The minimum atomic E-state index is -0.897. The number of ether oxygens (including phenoxy) is 1. The first-order chi connectivity index (χ1) is 8.06. The Hall–Kier alpha value is -1.55. The monoisotopic (exact) mass is 235 g/mol. The van der Waals surface area contributed by atoms with Crippen molar-refractivity contribution in [2.75, 3.05) is 6.61 Å². The number of fused-ring (bicyclic) bond motifs is 1. The summed E-state index contributed by atoms with van der Waals surface area (Å²) < 4.78 is 5.62. The summed E-state index contributed by atoms with van der Waals surface area (Å²) in [4.78, 5) is 10.9. The SMILES string of the molecule is CC(C)NC1COc2ccc(C(=O)O)cc2C1. The highest BCUT2D eigenvalue weighted by atomic mass is 16.5. The van der Waals surface area contributed by atoms with E-state index in [-0.39, 0.29) is 6.04 Å². The smallest absolute Gasteiger partial charge is 0.335 e. The molecule has 0 radical (unpaired) electrons. The summed E-state index contributed by atoms with van der Waals surface area (Å²) >= 11 is 0. The molecule has 92 valence electrons. The second-order valence-electron chi connectivity index (χ2n) is 4.66. The van der Waals surface area contributed by atoms with Crippen LogP contribution in [0.1, 0.15) is 29.8 Å². The average molecular weight is 235 g/mol. The molecule has 0 amide bonds. The van der Waals surface area contributed by atoms with Crippen molar-refractivity contribution >= 4 is 5.97 Å². The van der Waals surface area contributed by atoms with Gasteiger partial charge in [-0.05, 0) is 30.2 Å². The lowest BCUT2D eigenvalue weighted by molar-refractivity contribution is 0.0696. The highest BCUT2D eigenvalue weighted by Gasteiger charge is 2.21. The first-order valence-electron chi connectivity index (χ1n) is 5.81. The predicted molar refractivity (Wildman–Crippen MR) is 64.7 cm³/mol. The summed E-state index contributed by atoms with van der Waals surface area (Å²) in [6.45, 7) is 4.81. The van der Waals surface area contributed by atoms with Gasteiger partial charge in [0, 0.05) is 12.1 Å². The minimum Gasteiger partial charge on any atom is -0.492 e. The van der Waals surface area contributed by atoms with Gasteiger partial charge in [-0.25, -0.2) is 4.79 Å². The molecular weight excluding hydrogens is 218 g/mol. The molecule has 1 aliphatic heterocycles.